The summed E-state index contributed by atoms with van der Waals surface area (Å²) < 4.78 is 0.861. The van der Waals surface area contributed by atoms with Gasteiger partial charge < -0.3 is 15.3 Å². The number of carboxylic acid groups (broad SMARTS) is 1. The van der Waals surface area contributed by atoms with E-state index in [9.17, 15) is 14.7 Å². The predicted octanol–water partition coefficient (Wildman–Crippen LogP) is 3.70. The van der Waals surface area contributed by atoms with Crippen molar-refractivity contribution in [1.82, 2.24) is 4.90 Å². The van der Waals surface area contributed by atoms with Crippen molar-refractivity contribution in [2.75, 3.05) is 11.9 Å². The number of hydrogen-bond donors (Lipinski definition) is 2. The van der Waals surface area contributed by atoms with Crippen molar-refractivity contribution >= 4 is 33.6 Å². The number of amides is 2. The Bertz CT molecular complexity index is 549. The molecule has 1 unspecified atom stereocenters. The van der Waals surface area contributed by atoms with Crippen molar-refractivity contribution in [3.05, 3.63) is 28.7 Å². The molecule has 21 heavy (non-hydrogen) atoms. The molecule has 1 aromatic carbocycles. The number of anilines is 1. The Hall–Kier alpha value is -1.56. The van der Waals surface area contributed by atoms with E-state index in [1.807, 2.05) is 19.1 Å². The number of hydrogen-bond acceptors (Lipinski definition) is 2. The first-order valence-electron chi connectivity index (χ1n) is 7.07. The van der Waals surface area contributed by atoms with Gasteiger partial charge in [-0.05, 0) is 37.5 Å². The minimum absolute atomic E-state index is 0.346. The number of urea groups is 1. The molecule has 1 aliphatic rings. The van der Waals surface area contributed by atoms with E-state index in [0.29, 0.717) is 25.1 Å². The quantitative estimate of drug-likeness (QED) is 0.865. The van der Waals surface area contributed by atoms with Gasteiger partial charge in [0.05, 0.1) is 0 Å². The van der Waals surface area contributed by atoms with E-state index in [1.54, 1.807) is 12.1 Å². The predicted molar refractivity (Wildman–Crippen MR) is 84.4 cm³/mol. The summed E-state index contributed by atoms with van der Waals surface area (Å²) in [5, 5.41) is 12.4. The number of halogens is 1. The third-order valence-corrected chi connectivity index (χ3v) is 4.36. The number of carbonyl (C=O) groups excluding carboxylic acids is 1. The number of nitrogens with zero attached hydrogens (tertiary/aromatic N) is 1. The second-order valence-corrected chi connectivity index (χ2v) is 6.20. The highest BCUT2D eigenvalue weighted by atomic mass is 79.9. The largest absolute Gasteiger partial charge is 0.479 e. The van der Waals surface area contributed by atoms with Gasteiger partial charge >= 0.3 is 12.0 Å². The van der Waals surface area contributed by atoms with Gasteiger partial charge in [0.15, 0.2) is 0 Å². The molecule has 1 heterocycles. The van der Waals surface area contributed by atoms with Gasteiger partial charge in [0, 0.05) is 16.7 Å². The van der Waals surface area contributed by atoms with Crippen LogP contribution >= 0.6 is 15.9 Å². The SMILES string of the molecule is CCCC1(C(=O)O)CCCN1C(=O)Nc1cccc(Br)c1. The van der Waals surface area contributed by atoms with E-state index >= 15 is 0 Å². The number of carbonyl (C=O) groups is 2. The lowest BCUT2D eigenvalue weighted by molar-refractivity contribution is -0.148. The minimum Gasteiger partial charge on any atom is -0.479 e. The number of rotatable bonds is 4. The molecule has 0 spiro atoms. The van der Waals surface area contributed by atoms with Gasteiger partial charge in [-0.25, -0.2) is 9.59 Å². The Morgan fingerprint density at radius 3 is 2.86 bits per heavy atom. The molecule has 0 radical (unpaired) electrons. The zero-order valence-corrected chi connectivity index (χ0v) is 13.5. The summed E-state index contributed by atoms with van der Waals surface area (Å²) >= 11 is 3.35. The Balaban J connectivity index is 2.19. The highest BCUT2D eigenvalue weighted by Gasteiger charge is 2.49. The first-order valence-corrected chi connectivity index (χ1v) is 7.86. The van der Waals surface area contributed by atoms with Crippen LogP contribution in [-0.2, 0) is 4.79 Å². The molecule has 0 saturated carbocycles. The van der Waals surface area contributed by atoms with Gasteiger partial charge in [0.2, 0.25) is 0 Å². The first-order chi connectivity index (χ1) is 9.99. The van der Waals surface area contributed by atoms with E-state index in [0.717, 1.165) is 17.3 Å². The molecular formula is C15H19BrN2O3. The Morgan fingerprint density at radius 1 is 1.48 bits per heavy atom. The molecule has 114 valence electrons. The summed E-state index contributed by atoms with van der Waals surface area (Å²) in [6, 6.07) is 6.91. The van der Waals surface area contributed by atoms with Gasteiger partial charge in [0.1, 0.15) is 5.54 Å². The second kappa shape index (κ2) is 6.47. The number of likely N-dealkylation sites (tertiary alicyclic amines) is 1. The van der Waals surface area contributed by atoms with Gasteiger partial charge in [-0.3, -0.25) is 0 Å². The molecule has 5 nitrogen and oxygen atoms in total. The number of nitrogens with one attached hydrogen (secondary N) is 1. The van der Waals surface area contributed by atoms with Gasteiger partial charge in [-0.15, -0.1) is 0 Å². The van der Waals surface area contributed by atoms with E-state index in [2.05, 4.69) is 21.2 Å². The minimum atomic E-state index is -1.06. The Kier molecular flexibility index (Phi) is 4.88. The van der Waals surface area contributed by atoms with Gasteiger partial charge in [0.25, 0.3) is 0 Å². The first kappa shape index (κ1) is 15.8. The summed E-state index contributed by atoms with van der Waals surface area (Å²) in [5.74, 6) is -0.911. The van der Waals surface area contributed by atoms with Crippen LogP contribution in [0.2, 0.25) is 0 Å². The molecule has 0 aromatic heterocycles. The van der Waals surface area contributed by atoms with Crippen LogP contribution < -0.4 is 5.32 Å². The molecule has 2 N–H and O–H groups in total. The lowest BCUT2D eigenvalue weighted by Gasteiger charge is -2.34. The van der Waals surface area contributed by atoms with Crippen molar-refractivity contribution < 1.29 is 14.7 Å². The lowest BCUT2D eigenvalue weighted by atomic mass is 9.91. The molecule has 0 aliphatic carbocycles. The van der Waals surface area contributed by atoms with Crippen molar-refractivity contribution in [3.8, 4) is 0 Å². The molecule has 2 amide bonds. The Morgan fingerprint density at radius 2 is 2.24 bits per heavy atom. The molecule has 1 aromatic rings. The highest BCUT2D eigenvalue weighted by molar-refractivity contribution is 9.10. The standard InChI is InChI=1S/C15H19BrN2O3/c1-2-7-15(13(19)20)8-4-9-18(15)14(21)17-12-6-3-5-11(16)10-12/h3,5-6,10H,2,4,7-9H2,1H3,(H,17,21)(H,19,20). The van der Waals surface area contributed by atoms with Gasteiger partial charge in [-0.1, -0.05) is 35.3 Å². The fraction of sp³-hybridized carbons (Fsp3) is 0.467. The van der Waals surface area contributed by atoms with E-state index in [1.165, 1.54) is 4.90 Å². The van der Waals surface area contributed by atoms with E-state index in [4.69, 9.17) is 0 Å². The summed E-state index contributed by atoms with van der Waals surface area (Å²) in [6.45, 7) is 2.42. The summed E-state index contributed by atoms with van der Waals surface area (Å²) in [6.07, 6.45) is 2.45. The molecule has 1 saturated heterocycles. The lowest BCUT2D eigenvalue weighted by Crippen LogP contribution is -2.54. The van der Waals surface area contributed by atoms with E-state index < -0.39 is 11.5 Å². The molecule has 1 fully saturated rings. The summed E-state index contributed by atoms with van der Waals surface area (Å²) in [4.78, 5) is 25.6. The molecule has 1 atom stereocenters. The van der Waals surface area contributed by atoms with Crippen LogP contribution in [0.25, 0.3) is 0 Å². The highest BCUT2D eigenvalue weighted by Crippen LogP contribution is 2.34. The zero-order valence-electron chi connectivity index (χ0n) is 11.9. The van der Waals surface area contributed by atoms with Crippen LogP contribution in [-0.4, -0.2) is 34.1 Å². The van der Waals surface area contributed by atoms with Crippen LogP contribution in [0.15, 0.2) is 28.7 Å². The normalized spacial score (nSPS) is 21.3. The summed E-state index contributed by atoms with van der Waals surface area (Å²) in [7, 11) is 0. The van der Waals surface area contributed by atoms with Crippen LogP contribution in [0.5, 0.6) is 0 Å². The average Bonchev–Trinajstić information content (AvgIpc) is 2.84. The van der Waals surface area contributed by atoms with Crippen molar-refractivity contribution in [2.24, 2.45) is 0 Å². The van der Waals surface area contributed by atoms with Crippen LogP contribution in [0, 0.1) is 0 Å². The maximum Gasteiger partial charge on any atom is 0.329 e. The maximum absolute atomic E-state index is 12.5. The van der Waals surface area contributed by atoms with Crippen molar-refractivity contribution in [2.45, 2.75) is 38.1 Å². The van der Waals surface area contributed by atoms with Crippen LogP contribution in [0.4, 0.5) is 10.5 Å². The Labute approximate surface area is 132 Å². The topological polar surface area (TPSA) is 69.6 Å². The monoisotopic (exact) mass is 354 g/mol. The third-order valence-electron chi connectivity index (χ3n) is 3.87. The van der Waals surface area contributed by atoms with Crippen molar-refractivity contribution in [3.63, 3.8) is 0 Å². The van der Waals surface area contributed by atoms with Gasteiger partial charge in [-0.2, -0.15) is 0 Å². The van der Waals surface area contributed by atoms with Crippen molar-refractivity contribution in [1.29, 1.82) is 0 Å². The zero-order chi connectivity index (χ0) is 15.5. The molecule has 2 rings (SSSR count). The fourth-order valence-corrected chi connectivity index (χ4v) is 3.33. The molecule has 6 heteroatoms. The number of carboxylic acids is 1. The number of benzene rings is 1. The molecule has 0 bridgehead atoms. The summed E-state index contributed by atoms with van der Waals surface area (Å²) in [5.41, 5.74) is -0.415. The fourth-order valence-electron chi connectivity index (χ4n) is 2.93. The molecule has 1 aliphatic heterocycles. The molecular weight excluding hydrogens is 336 g/mol. The van der Waals surface area contributed by atoms with E-state index in [-0.39, 0.29) is 6.03 Å². The van der Waals surface area contributed by atoms with Crippen LogP contribution in [0.3, 0.4) is 0 Å². The average molecular weight is 355 g/mol. The smallest absolute Gasteiger partial charge is 0.329 e. The maximum atomic E-state index is 12.5. The second-order valence-electron chi connectivity index (χ2n) is 5.28. The number of aliphatic carboxylic acids is 1. The van der Waals surface area contributed by atoms with Crippen LogP contribution in [0.1, 0.15) is 32.6 Å². The third kappa shape index (κ3) is 3.20.